The Hall–Kier alpha value is -2.29. The van der Waals surface area contributed by atoms with Crippen molar-refractivity contribution < 1.29 is 8.42 Å². The van der Waals surface area contributed by atoms with Crippen LogP contribution in [-0.2, 0) is 22.9 Å². The van der Waals surface area contributed by atoms with Crippen LogP contribution in [0.25, 0.3) is 16.2 Å². The molecule has 2 aromatic heterocycles. The Morgan fingerprint density at radius 3 is 2.47 bits per heavy atom. The van der Waals surface area contributed by atoms with Gasteiger partial charge in [0.15, 0.2) is 0 Å². The third kappa shape index (κ3) is 3.95. The predicted molar refractivity (Wildman–Crippen MR) is 131 cm³/mol. The van der Waals surface area contributed by atoms with Gasteiger partial charge in [0.1, 0.15) is 0 Å². The summed E-state index contributed by atoms with van der Waals surface area (Å²) in [6.45, 7) is 6.30. The summed E-state index contributed by atoms with van der Waals surface area (Å²) in [5, 5.41) is 0. The van der Waals surface area contributed by atoms with E-state index in [0.29, 0.717) is 5.92 Å². The molecule has 4 aromatic rings. The molecule has 166 valence electrons. The maximum Gasteiger partial charge on any atom is 0.285 e. The number of thiazole rings is 1. The summed E-state index contributed by atoms with van der Waals surface area (Å²) in [4.78, 5) is 7.05. The van der Waals surface area contributed by atoms with Crippen LogP contribution in [0.15, 0.2) is 51.8 Å². The lowest BCUT2D eigenvalue weighted by Crippen LogP contribution is -2.06. The highest BCUT2D eigenvalue weighted by atomic mass is 32.2. The minimum absolute atomic E-state index is 0.185. The lowest BCUT2D eigenvalue weighted by molar-refractivity contribution is 0.596. The summed E-state index contributed by atoms with van der Waals surface area (Å²) in [5.41, 5.74) is 6.17. The average Bonchev–Trinajstić information content (AvgIpc) is 3.30. The standard InChI is InChI=1S/C24H25N3O2S3/c1-15(2)22-21(19-11-10-17-6-4-5-7-18(17)14-19)27-24(30-22)25-23(31-27)26-32(28,29)20-12-8-16(3)9-13-20/h8-15H,4-7H2,1-3H3/b26-23+. The summed E-state index contributed by atoms with van der Waals surface area (Å²) in [6.07, 6.45) is 4.77. The third-order valence-electron chi connectivity index (χ3n) is 5.84. The first-order chi connectivity index (χ1) is 15.3. The van der Waals surface area contributed by atoms with Crippen LogP contribution in [0.3, 0.4) is 0 Å². The zero-order valence-corrected chi connectivity index (χ0v) is 20.8. The van der Waals surface area contributed by atoms with Gasteiger partial charge in [0.2, 0.25) is 9.76 Å². The monoisotopic (exact) mass is 483 g/mol. The van der Waals surface area contributed by atoms with Crippen LogP contribution in [0, 0.1) is 6.92 Å². The number of hydrogen-bond donors (Lipinski definition) is 0. The Balaban J connectivity index is 1.65. The molecular formula is C24H25N3O2S3. The first kappa shape index (κ1) is 21.6. The van der Waals surface area contributed by atoms with Gasteiger partial charge in [-0.05, 0) is 79.4 Å². The number of aryl methyl sites for hydroxylation is 3. The van der Waals surface area contributed by atoms with Gasteiger partial charge in [0.25, 0.3) is 10.0 Å². The Kier molecular flexibility index (Phi) is 5.55. The molecule has 0 saturated heterocycles. The Morgan fingerprint density at radius 2 is 1.75 bits per heavy atom. The molecular weight excluding hydrogens is 458 g/mol. The van der Waals surface area contributed by atoms with Crippen molar-refractivity contribution in [3.05, 3.63) is 68.8 Å². The summed E-state index contributed by atoms with van der Waals surface area (Å²) in [7, 11) is -3.81. The molecule has 2 aromatic carbocycles. The van der Waals surface area contributed by atoms with Crippen molar-refractivity contribution in [2.75, 3.05) is 0 Å². The average molecular weight is 484 g/mol. The Labute approximate surface area is 196 Å². The maximum absolute atomic E-state index is 12.8. The minimum atomic E-state index is -3.81. The van der Waals surface area contributed by atoms with Crippen LogP contribution in [0.5, 0.6) is 0 Å². The first-order valence-corrected chi connectivity index (χ1v) is 13.9. The molecule has 5 nitrogen and oxygen atoms in total. The number of hydrogen-bond acceptors (Lipinski definition) is 5. The molecule has 1 aliphatic carbocycles. The molecule has 0 radical (unpaired) electrons. The van der Waals surface area contributed by atoms with Crippen molar-refractivity contribution >= 4 is 37.9 Å². The molecule has 1 aliphatic rings. The lowest BCUT2D eigenvalue weighted by atomic mass is 9.89. The van der Waals surface area contributed by atoms with E-state index in [1.807, 2.05) is 10.7 Å². The van der Waals surface area contributed by atoms with Crippen molar-refractivity contribution in [2.24, 2.45) is 4.40 Å². The number of rotatable bonds is 4. The van der Waals surface area contributed by atoms with E-state index in [9.17, 15) is 8.42 Å². The highest BCUT2D eigenvalue weighted by Gasteiger charge is 2.21. The number of nitrogens with zero attached hydrogens (tertiary/aromatic N) is 3. The van der Waals surface area contributed by atoms with E-state index < -0.39 is 10.0 Å². The smallest absolute Gasteiger partial charge is 0.236 e. The van der Waals surface area contributed by atoms with E-state index in [1.54, 1.807) is 35.6 Å². The molecule has 0 saturated carbocycles. The van der Waals surface area contributed by atoms with E-state index in [0.717, 1.165) is 29.1 Å². The second kappa shape index (κ2) is 8.24. The number of sulfonamides is 1. The van der Waals surface area contributed by atoms with Gasteiger partial charge in [-0.1, -0.05) is 55.0 Å². The van der Waals surface area contributed by atoms with Crippen LogP contribution in [0.4, 0.5) is 0 Å². The van der Waals surface area contributed by atoms with Gasteiger partial charge in [-0.2, -0.15) is 13.4 Å². The summed E-state index contributed by atoms with van der Waals surface area (Å²) >= 11 is 2.91. The largest absolute Gasteiger partial charge is 0.285 e. The van der Waals surface area contributed by atoms with Crippen molar-refractivity contribution in [3.63, 3.8) is 0 Å². The number of fused-ring (bicyclic) bond motifs is 2. The maximum atomic E-state index is 12.8. The second-order valence-electron chi connectivity index (χ2n) is 8.60. The number of aromatic nitrogens is 2. The Morgan fingerprint density at radius 1 is 1.03 bits per heavy atom. The van der Waals surface area contributed by atoms with E-state index in [4.69, 9.17) is 0 Å². The molecule has 0 bridgehead atoms. The molecule has 8 heteroatoms. The van der Waals surface area contributed by atoms with Crippen molar-refractivity contribution in [1.29, 1.82) is 0 Å². The molecule has 0 N–H and O–H groups in total. The summed E-state index contributed by atoms with van der Waals surface area (Å²) in [5.74, 6) is 0.344. The molecule has 2 heterocycles. The highest BCUT2D eigenvalue weighted by molar-refractivity contribution is 7.90. The minimum Gasteiger partial charge on any atom is -0.236 e. The van der Waals surface area contributed by atoms with E-state index in [2.05, 4.69) is 41.4 Å². The SMILES string of the molecule is Cc1ccc(S(=O)(=O)/N=c2\nc3sc(C(C)C)c(-c4ccc5c(c4)CCCC5)n3s2)cc1. The van der Waals surface area contributed by atoms with E-state index in [1.165, 1.54) is 45.9 Å². The summed E-state index contributed by atoms with van der Waals surface area (Å²) < 4.78 is 31.7. The first-order valence-electron chi connectivity index (χ1n) is 10.8. The molecule has 0 unspecified atom stereocenters. The summed E-state index contributed by atoms with van der Waals surface area (Å²) in [6, 6.07) is 13.5. The third-order valence-corrected chi connectivity index (χ3v) is 9.58. The van der Waals surface area contributed by atoms with Gasteiger partial charge in [0, 0.05) is 10.4 Å². The van der Waals surface area contributed by atoms with E-state index in [-0.39, 0.29) is 9.70 Å². The lowest BCUT2D eigenvalue weighted by Gasteiger charge is -2.17. The van der Waals surface area contributed by atoms with Gasteiger partial charge in [-0.3, -0.25) is 0 Å². The van der Waals surface area contributed by atoms with Crippen LogP contribution in [0.1, 0.15) is 54.2 Å². The molecule has 5 rings (SSSR count). The van der Waals surface area contributed by atoms with Crippen molar-refractivity contribution in [3.8, 4) is 11.3 Å². The second-order valence-corrected chi connectivity index (χ2v) is 12.1. The molecule has 0 amide bonds. The molecule has 0 fully saturated rings. The van der Waals surface area contributed by atoms with Gasteiger partial charge in [-0.25, -0.2) is 3.79 Å². The Bertz CT molecular complexity index is 1470. The van der Waals surface area contributed by atoms with Crippen molar-refractivity contribution in [2.45, 2.75) is 57.3 Å². The quantitative estimate of drug-likeness (QED) is 0.373. The fourth-order valence-electron chi connectivity index (χ4n) is 4.16. The zero-order valence-electron chi connectivity index (χ0n) is 18.3. The zero-order chi connectivity index (χ0) is 22.5. The van der Waals surface area contributed by atoms with E-state index >= 15 is 0 Å². The molecule has 32 heavy (non-hydrogen) atoms. The van der Waals surface area contributed by atoms with Gasteiger partial charge < -0.3 is 0 Å². The topological polar surface area (TPSA) is 63.8 Å². The molecule has 0 spiro atoms. The predicted octanol–water partition coefficient (Wildman–Crippen LogP) is 5.72. The van der Waals surface area contributed by atoms with Gasteiger partial charge in [-0.15, -0.1) is 4.40 Å². The van der Waals surface area contributed by atoms with Gasteiger partial charge in [0.05, 0.1) is 10.6 Å². The van der Waals surface area contributed by atoms with Crippen LogP contribution in [0.2, 0.25) is 0 Å². The van der Waals surface area contributed by atoms with Gasteiger partial charge >= 0.3 is 0 Å². The van der Waals surface area contributed by atoms with Crippen LogP contribution < -0.4 is 4.80 Å². The normalized spacial score (nSPS) is 14.9. The molecule has 0 atom stereocenters. The highest BCUT2D eigenvalue weighted by Crippen LogP contribution is 2.38. The fraction of sp³-hybridized carbons (Fsp3) is 0.333. The van der Waals surface area contributed by atoms with Crippen molar-refractivity contribution in [1.82, 2.24) is 8.77 Å². The fourth-order valence-corrected chi connectivity index (χ4v) is 7.50. The number of benzene rings is 2. The van der Waals surface area contributed by atoms with Crippen LogP contribution in [-0.4, -0.2) is 17.2 Å². The van der Waals surface area contributed by atoms with Crippen LogP contribution >= 0.6 is 22.9 Å². The molecule has 0 aliphatic heterocycles.